The molecule has 3 N–H and O–H groups in total. The molecule has 1 unspecified atom stereocenters. The number of hydrogen-bond acceptors (Lipinski definition) is 3. The van der Waals surface area contributed by atoms with E-state index >= 15 is 0 Å². The summed E-state index contributed by atoms with van der Waals surface area (Å²) in [6.45, 7) is 3.37. The van der Waals surface area contributed by atoms with Crippen molar-refractivity contribution in [2.75, 3.05) is 26.2 Å². The molecule has 98 valence electrons. The Labute approximate surface area is 120 Å². The van der Waals surface area contributed by atoms with Gasteiger partial charge in [-0.1, -0.05) is 17.7 Å². The maximum absolute atomic E-state index is 11.7. The topological polar surface area (TPSA) is 58.4 Å². The van der Waals surface area contributed by atoms with Crippen molar-refractivity contribution in [1.82, 2.24) is 10.2 Å². The molecule has 1 aromatic carbocycles. The average molecular weight is 333 g/mol. The van der Waals surface area contributed by atoms with Gasteiger partial charge in [0.25, 0.3) is 0 Å². The minimum Gasteiger partial charge on any atom is -0.368 e. The van der Waals surface area contributed by atoms with Gasteiger partial charge in [0.15, 0.2) is 0 Å². The van der Waals surface area contributed by atoms with Gasteiger partial charge in [-0.2, -0.15) is 0 Å². The quantitative estimate of drug-likeness (QED) is 0.882. The highest BCUT2D eigenvalue weighted by molar-refractivity contribution is 9.10. The maximum Gasteiger partial charge on any atom is 0.239 e. The van der Waals surface area contributed by atoms with Crippen molar-refractivity contribution in [3.8, 4) is 0 Å². The van der Waals surface area contributed by atoms with Crippen molar-refractivity contribution < 1.29 is 4.79 Å². The first kappa shape index (κ1) is 13.8. The second-order valence-electron chi connectivity index (χ2n) is 4.26. The Bertz CT molecular complexity index is 449. The predicted octanol–water partition coefficient (Wildman–Crippen LogP) is 1.53. The van der Waals surface area contributed by atoms with Crippen LogP contribution in [0, 0.1) is 0 Å². The lowest BCUT2D eigenvalue weighted by Crippen LogP contribution is -2.48. The van der Waals surface area contributed by atoms with Crippen LogP contribution < -0.4 is 11.1 Å². The largest absolute Gasteiger partial charge is 0.368 e. The smallest absolute Gasteiger partial charge is 0.239 e. The molecule has 6 heteroatoms. The standard InChI is InChI=1S/C12H15BrClN3O/c13-9-7-8(1-2-10(9)14)11(12(15)18)17-5-3-16-4-6-17/h1-2,7,11,16H,3-6H2,(H2,15,18). The average Bonchev–Trinajstić information content (AvgIpc) is 2.35. The monoisotopic (exact) mass is 331 g/mol. The van der Waals surface area contributed by atoms with E-state index in [0.717, 1.165) is 36.2 Å². The lowest BCUT2D eigenvalue weighted by molar-refractivity contribution is -0.123. The zero-order valence-corrected chi connectivity index (χ0v) is 12.2. The minimum atomic E-state index is -0.388. The van der Waals surface area contributed by atoms with Crippen LogP contribution in [0.3, 0.4) is 0 Å². The fourth-order valence-corrected chi connectivity index (χ4v) is 2.69. The summed E-state index contributed by atoms with van der Waals surface area (Å²) in [5, 5.41) is 3.88. The van der Waals surface area contributed by atoms with Crippen molar-refractivity contribution in [2.45, 2.75) is 6.04 Å². The minimum absolute atomic E-state index is 0.328. The molecule has 1 heterocycles. The van der Waals surface area contributed by atoms with Crippen LogP contribution in [0.1, 0.15) is 11.6 Å². The second kappa shape index (κ2) is 6.02. The second-order valence-corrected chi connectivity index (χ2v) is 5.53. The highest BCUT2D eigenvalue weighted by Crippen LogP contribution is 2.28. The van der Waals surface area contributed by atoms with Crippen molar-refractivity contribution in [1.29, 1.82) is 0 Å². The van der Waals surface area contributed by atoms with Crippen LogP contribution in [0.4, 0.5) is 0 Å². The van der Waals surface area contributed by atoms with Gasteiger partial charge in [-0.15, -0.1) is 0 Å². The first-order valence-corrected chi connectivity index (χ1v) is 6.95. The van der Waals surface area contributed by atoms with Gasteiger partial charge >= 0.3 is 0 Å². The third-order valence-electron chi connectivity index (χ3n) is 3.05. The normalized spacial score (nSPS) is 18.6. The van der Waals surface area contributed by atoms with E-state index in [1.165, 1.54) is 0 Å². The van der Waals surface area contributed by atoms with Gasteiger partial charge in [-0.25, -0.2) is 0 Å². The molecule has 1 saturated heterocycles. The highest BCUT2D eigenvalue weighted by Gasteiger charge is 2.27. The molecule has 0 saturated carbocycles. The summed E-state index contributed by atoms with van der Waals surface area (Å²) in [5.41, 5.74) is 6.41. The number of nitrogens with two attached hydrogens (primary N) is 1. The fourth-order valence-electron chi connectivity index (χ4n) is 2.18. The molecule has 1 amide bonds. The zero-order chi connectivity index (χ0) is 13.1. The molecule has 1 fully saturated rings. The number of carbonyl (C=O) groups is 1. The van der Waals surface area contributed by atoms with E-state index in [1.54, 1.807) is 6.07 Å². The van der Waals surface area contributed by atoms with Crippen LogP contribution in [0.15, 0.2) is 22.7 Å². The van der Waals surface area contributed by atoms with E-state index in [1.807, 2.05) is 12.1 Å². The summed E-state index contributed by atoms with van der Waals surface area (Å²) in [4.78, 5) is 13.8. The Morgan fingerprint density at radius 2 is 2.11 bits per heavy atom. The Balaban J connectivity index is 2.28. The molecule has 0 spiro atoms. The Morgan fingerprint density at radius 3 is 2.67 bits per heavy atom. The summed E-state index contributed by atoms with van der Waals surface area (Å²) in [6, 6.07) is 5.10. The van der Waals surface area contributed by atoms with Crippen LogP contribution >= 0.6 is 27.5 Å². The molecular formula is C12H15BrClN3O. The summed E-state index contributed by atoms with van der Waals surface area (Å²) in [5.74, 6) is -0.328. The number of rotatable bonds is 3. The molecule has 1 atom stereocenters. The SMILES string of the molecule is NC(=O)C(c1ccc(Cl)c(Br)c1)N1CCNCC1. The van der Waals surface area contributed by atoms with E-state index < -0.39 is 0 Å². The Morgan fingerprint density at radius 1 is 1.44 bits per heavy atom. The molecule has 0 aliphatic carbocycles. The first-order valence-electron chi connectivity index (χ1n) is 5.78. The van der Waals surface area contributed by atoms with Gasteiger partial charge in [-0.3, -0.25) is 9.69 Å². The number of benzene rings is 1. The molecule has 0 radical (unpaired) electrons. The number of halogens is 2. The van der Waals surface area contributed by atoms with Gasteiger partial charge in [0.1, 0.15) is 6.04 Å². The number of nitrogens with one attached hydrogen (secondary N) is 1. The van der Waals surface area contributed by atoms with Gasteiger partial charge in [-0.05, 0) is 33.6 Å². The molecule has 1 aliphatic rings. The lowest BCUT2D eigenvalue weighted by Gasteiger charge is -2.33. The number of piperazine rings is 1. The number of hydrogen-bond donors (Lipinski definition) is 2. The predicted molar refractivity (Wildman–Crippen MR) is 75.5 cm³/mol. The van der Waals surface area contributed by atoms with Crippen LogP contribution in [-0.4, -0.2) is 37.0 Å². The first-order chi connectivity index (χ1) is 8.59. The van der Waals surface area contributed by atoms with Crippen molar-refractivity contribution in [2.24, 2.45) is 5.73 Å². The van der Waals surface area contributed by atoms with E-state index in [-0.39, 0.29) is 11.9 Å². The van der Waals surface area contributed by atoms with Crippen LogP contribution in [0.2, 0.25) is 5.02 Å². The van der Waals surface area contributed by atoms with Gasteiger partial charge in [0, 0.05) is 30.7 Å². The van der Waals surface area contributed by atoms with Crippen molar-refractivity contribution in [3.05, 3.63) is 33.3 Å². The van der Waals surface area contributed by atoms with E-state index in [9.17, 15) is 4.79 Å². The van der Waals surface area contributed by atoms with Crippen molar-refractivity contribution >= 4 is 33.4 Å². The molecule has 2 rings (SSSR count). The summed E-state index contributed by atoms with van der Waals surface area (Å²) in [7, 11) is 0. The lowest BCUT2D eigenvalue weighted by atomic mass is 10.0. The number of carbonyl (C=O) groups excluding carboxylic acids is 1. The summed E-state index contributed by atoms with van der Waals surface area (Å²) in [6.07, 6.45) is 0. The Hall–Kier alpha value is -0.620. The van der Waals surface area contributed by atoms with Crippen LogP contribution in [0.25, 0.3) is 0 Å². The third kappa shape index (κ3) is 3.03. The number of primary amides is 1. The molecule has 1 aromatic rings. The van der Waals surface area contributed by atoms with Gasteiger partial charge in [0.05, 0.1) is 5.02 Å². The van der Waals surface area contributed by atoms with Crippen LogP contribution in [0.5, 0.6) is 0 Å². The third-order valence-corrected chi connectivity index (χ3v) is 4.26. The molecule has 4 nitrogen and oxygen atoms in total. The molecule has 1 aliphatic heterocycles. The molecule has 0 bridgehead atoms. The van der Waals surface area contributed by atoms with E-state index in [4.69, 9.17) is 17.3 Å². The van der Waals surface area contributed by atoms with Crippen molar-refractivity contribution in [3.63, 3.8) is 0 Å². The maximum atomic E-state index is 11.7. The highest BCUT2D eigenvalue weighted by atomic mass is 79.9. The molecule has 0 aromatic heterocycles. The van der Waals surface area contributed by atoms with Crippen LogP contribution in [-0.2, 0) is 4.79 Å². The Kier molecular flexibility index (Phi) is 4.61. The van der Waals surface area contributed by atoms with Gasteiger partial charge < -0.3 is 11.1 Å². The van der Waals surface area contributed by atoms with E-state index in [2.05, 4.69) is 26.1 Å². The summed E-state index contributed by atoms with van der Waals surface area (Å²) >= 11 is 9.34. The number of nitrogens with zero attached hydrogens (tertiary/aromatic N) is 1. The van der Waals surface area contributed by atoms with Gasteiger partial charge in [0.2, 0.25) is 5.91 Å². The fraction of sp³-hybridized carbons (Fsp3) is 0.417. The zero-order valence-electron chi connectivity index (χ0n) is 9.83. The molecular weight excluding hydrogens is 318 g/mol. The molecule has 18 heavy (non-hydrogen) atoms. The summed E-state index contributed by atoms with van der Waals surface area (Å²) < 4.78 is 0.781. The number of amides is 1. The van der Waals surface area contributed by atoms with E-state index in [0.29, 0.717) is 5.02 Å².